The lowest BCUT2D eigenvalue weighted by molar-refractivity contribution is -0.384. The molecule has 0 aliphatic heterocycles. The van der Waals surface area contributed by atoms with Gasteiger partial charge in [0.05, 0.1) is 4.92 Å². The van der Waals surface area contributed by atoms with Crippen molar-refractivity contribution in [2.45, 2.75) is 26.8 Å². The molecular weight excluding hydrogens is 230 g/mol. The summed E-state index contributed by atoms with van der Waals surface area (Å²) in [6.07, 6.45) is 1.08. The SMILES string of the molecule is CCCN(C)Cc1ccc(NCC)c([N+](=O)[O-])c1. The summed E-state index contributed by atoms with van der Waals surface area (Å²) in [4.78, 5) is 12.8. The fourth-order valence-electron chi connectivity index (χ4n) is 1.94. The summed E-state index contributed by atoms with van der Waals surface area (Å²) in [6.45, 7) is 6.44. The maximum atomic E-state index is 11.0. The van der Waals surface area contributed by atoms with Crippen LogP contribution in [0.3, 0.4) is 0 Å². The lowest BCUT2D eigenvalue weighted by atomic mass is 10.1. The van der Waals surface area contributed by atoms with Gasteiger partial charge in [0.25, 0.3) is 5.69 Å². The second kappa shape index (κ2) is 6.96. The van der Waals surface area contributed by atoms with Gasteiger partial charge < -0.3 is 10.2 Å². The maximum absolute atomic E-state index is 11.0. The van der Waals surface area contributed by atoms with Crippen molar-refractivity contribution in [3.63, 3.8) is 0 Å². The molecule has 5 heteroatoms. The van der Waals surface area contributed by atoms with Crippen LogP contribution in [0.4, 0.5) is 11.4 Å². The first-order valence-electron chi connectivity index (χ1n) is 6.28. The Morgan fingerprint density at radius 3 is 2.67 bits per heavy atom. The number of benzene rings is 1. The Morgan fingerprint density at radius 1 is 1.39 bits per heavy atom. The van der Waals surface area contributed by atoms with Crippen molar-refractivity contribution in [3.8, 4) is 0 Å². The first-order chi connectivity index (χ1) is 8.58. The van der Waals surface area contributed by atoms with Crippen LogP contribution in [-0.2, 0) is 6.54 Å². The van der Waals surface area contributed by atoms with Gasteiger partial charge in [-0.1, -0.05) is 13.0 Å². The molecule has 0 aliphatic rings. The van der Waals surface area contributed by atoms with Crippen LogP contribution in [0.15, 0.2) is 18.2 Å². The largest absolute Gasteiger partial charge is 0.380 e. The van der Waals surface area contributed by atoms with Gasteiger partial charge >= 0.3 is 0 Å². The minimum absolute atomic E-state index is 0.152. The van der Waals surface area contributed by atoms with Crippen LogP contribution >= 0.6 is 0 Å². The van der Waals surface area contributed by atoms with Gasteiger partial charge in [0.2, 0.25) is 0 Å². The number of anilines is 1. The number of nitrogens with one attached hydrogen (secondary N) is 1. The van der Waals surface area contributed by atoms with Crippen LogP contribution in [-0.4, -0.2) is 30.0 Å². The third-order valence-electron chi connectivity index (χ3n) is 2.68. The maximum Gasteiger partial charge on any atom is 0.292 e. The van der Waals surface area contributed by atoms with Crippen molar-refractivity contribution < 1.29 is 4.92 Å². The zero-order valence-electron chi connectivity index (χ0n) is 11.3. The van der Waals surface area contributed by atoms with Gasteiger partial charge in [-0.05, 0) is 38.6 Å². The van der Waals surface area contributed by atoms with Gasteiger partial charge in [0.15, 0.2) is 0 Å². The number of nitro benzene ring substituents is 1. The van der Waals surface area contributed by atoms with E-state index < -0.39 is 0 Å². The minimum Gasteiger partial charge on any atom is -0.380 e. The molecule has 1 N–H and O–H groups in total. The fraction of sp³-hybridized carbons (Fsp3) is 0.538. The molecule has 1 rings (SSSR count). The van der Waals surface area contributed by atoms with Gasteiger partial charge in [0.1, 0.15) is 5.69 Å². The Labute approximate surface area is 108 Å². The van der Waals surface area contributed by atoms with Gasteiger partial charge in [-0.3, -0.25) is 10.1 Å². The molecule has 0 bridgehead atoms. The molecule has 0 radical (unpaired) electrons. The lowest BCUT2D eigenvalue weighted by Crippen LogP contribution is -2.18. The summed E-state index contributed by atoms with van der Waals surface area (Å²) in [7, 11) is 2.02. The third kappa shape index (κ3) is 4.00. The van der Waals surface area contributed by atoms with E-state index in [1.807, 2.05) is 20.0 Å². The smallest absolute Gasteiger partial charge is 0.292 e. The first kappa shape index (κ1) is 14.4. The molecule has 0 aliphatic carbocycles. The van der Waals surface area contributed by atoms with Crippen LogP contribution in [0.1, 0.15) is 25.8 Å². The molecule has 1 aromatic rings. The summed E-state index contributed by atoms with van der Waals surface area (Å²) in [5.74, 6) is 0. The monoisotopic (exact) mass is 251 g/mol. The van der Waals surface area contributed by atoms with E-state index in [0.29, 0.717) is 12.2 Å². The number of rotatable bonds is 7. The highest BCUT2D eigenvalue weighted by molar-refractivity contribution is 5.62. The van der Waals surface area contributed by atoms with Gasteiger partial charge in [-0.15, -0.1) is 0 Å². The molecule has 5 nitrogen and oxygen atoms in total. The van der Waals surface area contributed by atoms with E-state index in [0.717, 1.165) is 25.1 Å². The molecule has 1 aromatic carbocycles. The molecule has 0 aromatic heterocycles. The van der Waals surface area contributed by atoms with Gasteiger partial charge in [0, 0.05) is 19.2 Å². The number of hydrogen-bond donors (Lipinski definition) is 1. The summed E-state index contributed by atoms with van der Waals surface area (Å²) in [5, 5.41) is 14.0. The third-order valence-corrected chi connectivity index (χ3v) is 2.68. The standard InChI is InChI=1S/C13H21N3O2/c1-4-8-15(3)10-11-6-7-12(14-5-2)13(9-11)16(17)18/h6-7,9,14H,4-5,8,10H2,1-3H3. The molecule has 0 saturated heterocycles. The topological polar surface area (TPSA) is 58.4 Å². The van der Waals surface area contributed by atoms with Crippen molar-refractivity contribution >= 4 is 11.4 Å². The van der Waals surface area contributed by atoms with Crippen LogP contribution in [0.2, 0.25) is 0 Å². The minimum atomic E-state index is -0.332. The molecule has 0 atom stereocenters. The van der Waals surface area contributed by atoms with E-state index >= 15 is 0 Å². The predicted molar refractivity (Wildman–Crippen MR) is 73.9 cm³/mol. The van der Waals surface area contributed by atoms with Crippen LogP contribution in [0.25, 0.3) is 0 Å². The van der Waals surface area contributed by atoms with Crippen molar-refractivity contribution in [2.24, 2.45) is 0 Å². The molecule has 0 fully saturated rings. The highest BCUT2D eigenvalue weighted by atomic mass is 16.6. The number of hydrogen-bond acceptors (Lipinski definition) is 4. The number of nitro groups is 1. The molecular formula is C13H21N3O2. The molecule has 0 saturated carbocycles. The van der Waals surface area contributed by atoms with E-state index in [4.69, 9.17) is 0 Å². The summed E-state index contributed by atoms with van der Waals surface area (Å²) in [5.41, 5.74) is 1.71. The highest BCUT2D eigenvalue weighted by Crippen LogP contribution is 2.25. The summed E-state index contributed by atoms with van der Waals surface area (Å²) < 4.78 is 0. The van der Waals surface area contributed by atoms with Crippen molar-refractivity contribution in [3.05, 3.63) is 33.9 Å². The second-order valence-electron chi connectivity index (χ2n) is 4.38. The Bertz CT molecular complexity index is 407. The van der Waals surface area contributed by atoms with E-state index in [-0.39, 0.29) is 10.6 Å². The van der Waals surface area contributed by atoms with Crippen molar-refractivity contribution in [2.75, 3.05) is 25.5 Å². The van der Waals surface area contributed by atoms with Gasteiger partial charge in [-0.2, -0.15) is 0 Å². The zero-order chi connectivity index (χ0) is 13.5. The van der Waals surface area contributed by atoms with Crippen molar-refractivity contribution in [1.29, 1.82) is 0 Å². The van der Waals surface area contributed by atoms with Crippen LogP contribution in [0.5, 0.6) is 0 Å². The zero-order valence-corrected chi connectivity index (χ0v) is 11.3. The molecule has 0 heterocycles. The number of nitrogens with zero attached hydrogens (tertiary/aromatic N) is 2. The van der Waals surface area contributed by atoms with E-state index in [1.165, 1.54) is 0 Å². The Kier molecular flexibility index (Phi) is 5.58. The lowest BCUT2D eigenvalue weighted by Gasteiger charge is -2.15. The average molecular weight is 251 g/mol. The average Bonchev–Trinajstić information content (AvgIpc) is 2.31. The summed E-state index contributed by atoms with van der Waals surface area (Å²) >= 11 is 0. The first-order valence-corrected chi connectivity index (χ1v) is 6.28. The Hall–Kier alpha value is -1.62. The molecule has 100 valence electrons. The predicted octanol–water partition coefficient (Wildman–Crippen LogP) is 2.87. The van der Waals surface area contributed by atoms with E-state index in [9.17, 15) is 10.1 Å². The Balaban J connectivity index is 2.89. The van der Waals surface area contributed by atoms with E-state index in [1.54, 1.807) is 12.1 Å². The molecule has 0 spiro atoms. The van der Waals surface area contributed by atoms with E-state index in [2.05, 4.69) is 17.1 Å². The molecule has 0 amide bonds. The normalized spacial score (nSPS) is 10.7. The van der Waals surface area contributed by atoms with Crippen molar-refractivity contribution in [1.82, 2.24) is 4.90 Å². The molecule has 0 unspecified atom stereocenters. The highest BCUT2D eigenvalue weighted by Gasteiger charge is 2.14. The van der Waals surface area contributed by atoms with Gasteiger partial charge in [-0.25, -0.2) is 0 Å². The second-order valence-corrected chi connectivity index (χ2v) is 4.38. The van der Waals surface area contributed by atoms with Crippen LogP contribution in [0, 0.1) is 10.1 Å². The fourth-order valence-corrected chi connectivity index (χ4v) is 1.94. The summed E-state index contributed by atoms with van der Waals surface area (Å²) in [6, 6.07) is 5.39. The molecule has 18 heavy (non-hydrogen) atoms. The quantitative estimate of drug-likeness (QED) is 0.598. The van der Waals surface area contributed by atoms with Crippen LogP contribution < -0.4 is 5.32 Å². The Morgan fingerprint density at radius 2 is 2.11 bits per heavy atom.